The van der Waals surface area contributed by atoms with E-state index >= 15 is 0 Å². The molecule has 0 amide bonds. The highest BCUT2D eigenvalue weighted by Gasteiger charge is 2.12. The first-order valence-corrected chi connectivity index (χ1v) is 6.37. The minimum Gasteiger partial charge on any atom is -0.453 e. The third-order valence-corrected chi connectivity index (χ3v) is 2.89. The highest BCUT2D eigenvalue weighted by Crippen LogP contribution is 2.23. The first kappa shape index (κ1) is 14.1. The Hall–Kier alpha value is -1.36. The van der Waals surface area contributed by atoms with E-state index in [0.717, 1.165) is 5.39 Å². The molecule has 0 unspecified atom stereocenters. The second kappa shape index (κ2) is 6.70. The number of Topliss-reactive ketones (excluding diaryl/α,β-unsaturated/α-hetero) is 1. The average molecular weight is 283 g/mol. The van der Waals surface area contributed by atoms with E-state index in [1.165, 1.54) is 0 Å². The maximum absolute atomic E-state index is 11.9. The molecule has 2 aromatic rings. The van der Waals surface area contributed by atoms with Crippen molar-refractivity contribution < 1.29 is 18.7 Å². The molecular formula is C14H15ClO4. The van der Waals surface area contributed by atoms with Crippen LogP contribution in [0.15, 0.2) is 28.7 Å². The highest BCUT2D eigenvalue weighted by molar-refractivity contribution is 6.31. The van der Waals surface area contributed by atoms with Gasteiger partial charge in [-0.05, 0) is 24.3 Å². The van der Waals surface area contributed by atoms with Crippen molar-refractivity contribution in [2.24, 2.45) is 0 Å². The summed E-state index contributed by atoms with van der Waals surface area (Å²) in [6.07, 6.45) is 0.289. The van der Waals surface area contributed by atoms with Gasteiger partial charge in [0.25, 0.3) is 0 Å². The first-order valence-electron chi connectivity index (χ1n) is 5.99. The van der Waals surface area contributed by atoms with Crippen LogP contribution in [0.2, 0.25) is 5.02 Å². The normalized spacial score (nSPS) is 11.1. The number of carbonyl (C=O) groups excluding carboxylic acids is 1. The Morgan fingerprint density at radius 3 is 2.89 bits per heavy atom. The molecule has 2 rings (SSSR count). The van der Waals surface area contributed by atoms with Gasteiger partial charge >= 0.3 is 0 Å². The van der Waals surface area contributed by atoms with Crippen LogP contribution in [0.5, 0.6) is 0 Å². The van der Waals surface area contributed by atoms with Gasteiger partial charge < -0.3 is 13.9 Å². The number of methoxy groups -OCH3 is 1. The molecule has 0 N–H and O–H groups in total. The minimum absolute atomic E-state index is 0.0789. The molecule has 102 valence electrons. The van der Waals surface area contributed by atoms with Crippen LogP contribution < -0.4 is 0 Å². The summed E-state index contributed by atoms with van der Waals surface area (Å²) in [5, 5.41) is 1.45. The zero-order valence-electron chi connectivity index (χ0n) is 10.6. The van der Waals surface area contributed by atoms with E-state index in [0.29, 0.717) is 36.2 Å². The Morgan fingerprint density at radius 1 is 1.26 bits per heavy atom. The lowest BCUT2D eigenvalue weighted by atomic mass is 10.2. The van der Waals surface area contributed by atoms with E-state index in [9.17, 15) is 4.79 Å². The fourth-order valence-electron chi connectivity index (χ4n) is 1.68. The van der Waals surface area contributed by atoms with Gasteiger partial charge in [-0.2, -0.15) is 0 Å². The molecule has 1 aromatic carbocycles. The Morgan fingerprint density at radius 2 is 2.11 bits per heavy atom. The number of furan rings is 1. The van der Waals surface area contributed by atoms with Crippen molar-refractivity contribution in [3.63, 3.8) is 0 Å². The fraction of sp³-hybridized carbons (Fsp3) is 0.357. The molecule has 0 aliphatic heterocycles. The van der Waals surface area contributed by atoms with Gasteiger partial charge in [-0.25, -0.2) is 0 Å². The third kappa shape index (κ3) is 3.80. The van der Waals surface area contributed by atoms with Crippen molar-refractivity contribution >= 4 is 28.4 Å². The Bertz CT molecular complexity index is 562. The van der Waals surface area contributed by atoms with Crippen LogP contribution in [0, 0.1) is 0 Å². The standard InChI is InChI=1S/C14H15ClO4/c1-17-6-7-18-5-4-12(16)14-9-10-8-11(15)2-3-13(10)19-14/h2-3,8-9H,4-7H2,1H3. The molecule has 19 heavy (non-hydrogen) atoms. The van der Waals surface area contributed by atoms with Gasteiger partial charge in [0.1, 0.15) is 5.58 Å². The van der Waals surface area contributed by atoms with E-state index in [4.69, 9.17) is 25.5 Å². The molecule has 1 aromatic heterocycles. The Labute approximate surface area is 116 Å². The molecule has 0 spiro atoms. The Kier molecular flexibility index (Phi) is 4.96. The average Bonchev–Trinajstić information content (AvgIpc) is 2.81. The lowest BCUT2D eigenvalue weighted by Crippen LogP contribution is -2.07. The molecule has 0 fully saturated rings. The van der Waals surface area contributed by atoms with Crippen molar-refractivity contribution in [3.8, 4) is 0 Å². The van der Waals surface area contributed by atoms with Crippen molar-refractivity contribution in [2.45, 2.75) is 6.42 Å². The maximum Gasteiger partial charge on any atom is 0.200 e. The topological polar surface area (TPSA) is 48.7 Å². The van der Waals surface area contributed by atoms with Crippen LogP contribution in [0.25, 0.3) is 11.0 Å². The fourth-order valence-corrected chi connectivity index (χ4v) is 1.86. The lowest BCUT2D eigenvalue weighted by molar-refractivity contribution is 0.0632. The van der Waals surface area contributed by atoms with Gasteiger partial charge in [0.15, 0.2) is 11.5 Å². The third-order valence-electron chi connectivity index (χ3n) is 2.66. The van der Waals surface area contributed by atoms with E-state index in [-0.39, 0.29) is 12.2 Å². The summed E-state index contributed by atoms with van der Waals surface area (Å²) in [5.41, 5.74) is 0.660. The van der Waals surface area contributed by atoms with Crippen LogP contribution in [0.1, 0.15) is 17.0 Å². The lowest BCUT2D eigenvalue weighted by Gasteiger charge is -2.01. The van der Waals surface area contributed by atoms with E-state index < -0.39 is 0 Å². The molecule has 0 aliphatic rings. The summed E-state index contributed by atoms with van der Waals surface area (Å²) in [7, 11) is 1.61. The molecule has 5 heteroatoms. The summed E-state index contributed by atoms with van der Waals surface area (Å²) >= 11 is 5.88. The summed E-state index contributed by atoms with van der Waals surface area (Å²) in [5.74, 6) is 0.261. The smallest absolute Gasteiger partial charge is 0.200 e. The monoisotopic (exact) mass is 282 g/mol. The molecule has 4 nitrogen and oxygen atoms in total. The number of benzene rings is 1. The van der Waals surface area contributed by atoms with Gasteiger partial charge in [-0.15, -0.1) is 0 Å². The number of rotatable bonds is 7. The van der Waals surface area contributed by atoms with E-state index in [2.05, 4.69) is 0 Å². The second-order valence-electron chi connectivity index (χ2n) is 4.07. The van der Waals surface area contributed by atoms with Crippen molar-refractivity contribution in [1.82, 2.24) is 0 Å². The van der Waals surface area contributed by atoms with Crippen molar-refractivity contribution in [3.05, 3.63) is 35.0 Å². The molecule has 0 atom stereocenters. The van der Waals surface area contributed by atoms with Crippen LogP contribution in [0.3, 0.4) is 0 Å². The van der Waals surface area contributed by atoms with Crippen molar-refractivity contribution in [2.75, 3.05) is 26.9 Å². The summed E-state index contributed by atoms with van der Waals surface area (Å²) in [6, 6.07) is 6.96. The van der Waals surface area contributed by atoms with Gasteiger partial charge in [0.2, 0.25) is 0 Å². The Balaban J connectivity index is 1.94. The van der Waals surface area contributed by atoms with E-state index in [1.54, 1.807) is 31.4 Å². The second-order valence-corrected chi connectivity index (χ2v) is 4.51. The zero-order valence-corrected chi connectivity index (χ0v) is 11.4. The molecule has 0 saturated heterocycles. The van der Waals surface area contributed by atoms with Gasteiger partial charge in [-0.3, -0.25) is 4.79 Å². The van der Waals surface area contributed by atoms with Crippen LogP contribution in [-0.2, 0) is 9.47 Å². The number of ketones is 1. The first-order chi connectivity index (χ1) is 9.20. The minimum atomic E-state index is -0.0789. The quantitative estimate of drug-likeness (QED) is 0.577. The SMILES string of the molecule is COCCOCCC(=O)c1cc2cc(Cl)ccc2o1. The van der Waals surface area contributed by atoms with E-state index in [1.807, 2.05) is 0 Å². The highest BCUT2D eigenvalue weighted by atomic mass is 35.5. The van der Waals surface area contributed by atoms with Crippen LogP contribution in [0.4, 0.5) is 0 Å². The molecule has 1 heterocycles. The predicted molar refractivity (Wildman–Crippen MR) is 72.9 cm³/mol. The molecular weight excluding hydrogens is 268 g/mol. The summed E-state index contributed by atoms with van der Waals surface area (Å²) < 4.78 is 15.6. The summed E-state index contributed by atoms with van der Waals surface area (Å²) in [6.45, 7) is 1.37. The number of ether oxygens (including phenoxy) is 2. The predicted octanol–water partition coefficient (Wildman–Crippen LogP) is 3.32. The summed E-state index contributed by atoms with van der Waals surface area (Å²) in [4.78, 5) is 11.9. The molecule has 0 radical (unpaired) electrons. The van der Waals surface area contributed by atoms with Gasteiger partial charge in [0.05, 0.1) is 19.8 Å². The number of carbonyl (C=O) groups is 1. The van der Waals surface area contributed by atoms with Gasteiger partial charge in [0, 0.05) is 23.9 Å². The molecule has 0 aliphatic carbocycles. The number of fused-ring (bicyclic) bond motifs is 1. The number of halogens is 1. The largest absolute Gasteiger partial charge is 0.453 e. The van der Waals surface area contributed by atoms with Crippen molar-refractivity contribution in [1.29, 1.82) is 0 Å². The molecule has 0 saturated carbocycles. The maximum atomic E-state index is 11.9. The van der Waals surface area contributed by atoms with Crippen LogP contribution >= 0.6 is 11.6 Å². The number of hydrogen-bond acceptors (Lipinski definition) is 4. The zero-order chi connectivity index (χ0) is 13.7. The van der Waals surface area contributed by atoms with Gasteiger partial charge in [-0.1, -0.05) is 11.6 Å². The molecule has 0 bridgehead atoms. The van der Waals surface area contributed by atoms with Crippen LogP contribution in [-0.4, -0.2) is 32.7 Å². The number of hydrogen-bond donors (Lipinski definition) is 0.